The SMILES string of the molecule is CCCCCN1C(=O)CC(=O)N(CCCCC)C1=O. The number of hydrogen-bond acceptors (Lipinski definition) is 3. The number of nitrogens with zero attached hydrogens (tertiary/aromatic N) is 2. The topological polar surface area (TPSA) is 57.7 Å². The highest BCUT2D eigenvalue weighted by Gasteiger charge is 2.36. The minimum Gasteiger partial charge on any atom is -0.274 e. The van der Waals surface area contributed by atoms with Crippen molar-refractivity contribution in [2.45, 2.75) is 58.8 Å². The summed E-state index contributed by atoms with van der Waals surface area (Å²) in [5.41, 5.74) is 0. The number of unbranched alkanes of at least 4 members (excludes halogenated alkanes) is 4. The van der Waals surface area contributed by atoms with Crippen LogP contribution in [0.1, 0.15) is 58.8 Å². The average molecular weight is 268 g/mol. The van der Waals surface area contributed by atoms with Crippen molar-refractivity contribution in [1.82, 2.24) is 9.80 Å². The Kier molecular flexibility index (Phi) is 6.53. The molecule has 0 N–H and O–H groups in total. The van der Waals surface area contributed by atoms with Crippen molar-refractivity contribution in [3.05, 3.63) is 0 Å². The number of carbonyl (C=O) groups excluding carboxylic acids is 3. The van der Waals surface area contributed by atoms with E-state index in [1.54, 1.807) is 0 Å². The second-order valence-electron chi connectivity index (χ2n) is 4.96. The number of imide groups is 2. The summed E-state index contributed by atoms with van der Waals surface area (Å²) in [6, 6.07) is -0.423. The Morgan fingerprint density at radius 3 is 1.58 bits per heavy atom. The van der Waals surface area contributed by atoms with Gasteiger partial charge in [0.1, 0.15) is 6.42 Å². The molecule has 0 atom stereocenters. The van der Waals surface area contributed by atoms with Crippen LogP contribution in [0.3, 0.4) is 0 Å². The van der Waals surface area contributed by atoms with E-state index >= 15 is 0 Å². The van der Waals surface area contributed by atoms with Gasteiger partial charge in [0.2, 0.25) is 11.8 Å². The van der Waals surface area contributed by atoms with Crippen LogP contribution in [0.2, 0.25) is 0 Å². The van der Waals surface area contributed by atoms with Crippen molar-refractivity contribution in [3.63, 3.8) is 0 Å². The van der Waals surface area contributed by atoms with Gasteiger partial charge in [-0.3, -0.25) is 19.4 Å². The third-order valence-electron chi connectivity index (χ3n) is 3.34. The molecule has 0 aromatic carbocycles. The molecule has 0 radical (unpaired) electrons. The maximum absolute atomic E-state index is 12.1. The molecular formula is C14H24N2O3. The zero-order chi connectivity index (χ0) is 14.3. The molecule has 1 aliphatic heterocycles. The number of urea groups is 1. The molecule has 0 bridgehead atoms. The van der Waals surface area contributed by atoms with Gasteiger partial charge in [0.05, 0.1) is 0 Å². The molecule has 1 saturated heterocycles. The fourth-order valence-electron chi connectivity index (χ4n) is 2.16. The zero-order valence-electron chi connectivity index (χ0n) is 12.0. The summed E-state index contributed by atoms with van der Waals surface area (Å²) in [5.74, 6) is -0.698. The van der Waals surface area contributed by atoms with Crippen LogP contribution in [0.5, 0.6) is 0 Å². The molecule has 0 aromatic heterocycles. The standard InChI is InChI=1S/C14H24N2O3/c1-3-5-7-9-15-12(17)11-13(18)16(14(15)19)10-8-6-4-2/h3-11H2,1-2H3. The summed E-state index contributed by atoms with van der Waals surface area (Å²) >= 11 is 0. The smallest absolute Gasteiger partial charge is 0.274 e. The van der Waals surface area contributed by atoms with Gasteiger partial charge in [0.15, 0.2) is 0 Å². The first-order valence-corrected chi connectivity index (χ1v) is 7.26. The number of carbonyl (C=O) groups is 3. The highest BCUT2D eigenvalue weighted by atomic mass is 16.2. The lowest BCUT2D eigenvalue weighted by molar-refractivity contribution is -0.142. The zero-order valence-corrected chi connectivity index (χ0v) is 12.0. The molecule has 5 heteroatoms. The van der Waals surface area contributed by atoms with E-state index in [9.17, 15) is 14.4 Å². The Hall–Kier alpha value is -1.39. The maximum atomic E-state index is 12.1. The molecule has 0 saturated carbocycles. The van der Waals surface area contributed by atoms with Gasteiger partial charge in [-0.1, -0.05) is 39.5 Å². The molecule has 0 aliphatic carbocycles. The van der Waals surface area contributed by atoms with Gasteiger partial charge in [-0.15, -0.1) is 0 Å². The molecule has 5 nitrogen and oxygen atoms in total. The number of rotatable bonds is 8. The molecule has 0 aromatic rings. The van der Waals surface area contributed by atoms with Crippen LogP contribution in [-0.4, -0.2) is 40.7 Å². The van der Waals surface area contributed by atoms with E-state index in [2.05, 4.69) is 13.8 Å². The van der Waals surface area contributed by atoms with Crippen molar-refractivity contribution >= 4 is 17.8 Å². The van der Waals surface area contributed by atoms with Crippen molar-refractivity contribution in [1.29, 1.82) is 0 Å². The van der Waals surface area contributed by atoms with Crippen LogP contribution >= 0.6 is 0 Å². The predicted octanol–water partition coefficient (Wildman–Crippen LogP) is 2.55. The molecule has 0 unspecified atom stereocenters. The van der Waals surface area contributed by atoms with Gasteiger partial charge in [0, 0.05) is 13.1 Å². The van der Waals surface area contributed by atoms with E-state index in [0.717, 1.165) is 38.5 Å². The summed E-state index contributed by atoms with van der Waals surface area (Å²) in [5, 5.41) is 0. The van der Waals surface area contributed by atoms with Gasteiger partial charge in [-0.25, -0.2) is 4.79 Å². The summed E-state index contributed by atoms with van der Waals surface area (Å²) in [7, 11) is 0. The molecule has 1 fully saturated rings. The highest BCUT2D eigenvalue weighted by Crippen LogP contribution is 2.14. The Morgan fingerprint density at radius 2 is 1.21 bits per heavy atom. The van der Waals surface area contributed by atoms with E-state index in [0.29, 0.717) is 13.1 Å². The van der Waals surface area contributed by atoms with Crippen LogP contribution < -0.4 is 0 Å². The van der Waals surface area contributed by atoms with E-state index in [4.69, 9.17) is 0 Å². The normalized spacial score (nSPS) is 16.4. The maximum Gasteiger partial charge on any atom is 0.333 e. The van der Waals surface area contributed by atoms with E-state index in [1.807, 2.05) is 0 Å². The second kappa shape index (κ2) is 7.92. The van der Waals surface area contributed by atoms with Gasteiger partial charge < -0.3 is 0 Å². The van der Waals surface area contributed by atoms with E-state index in [-0.39, 0.29) is 18.2 Å². The van der Waals surface area contributed by atoms with Crippen molar-refractivity contribution in [2.24, 2.45) is 0 Å². The van der Waals surface area contributed by atoms with Crippen LogP contribution in [0.25, 0.3) is 0 Å². The lowest BCUT2D eigenvalue weighted by Crippen LogP contribution is -2.55. The number of hydrogen-bond donors (Lipinski definition) is 0. The first kappa shape index (κ1) is 15.7. The van der Waals surface area contributed by atoms with Crippen molar-refractivity contribution < 1.29 is 14.4 Å². The third-order valence-corrected chi connectivity index (χ3v) is 3.34. The van der Waals surface area contributed by atoms with Gasteiger partial charge >= 0.3 is 6.03 Å². The average Bonchev–Trinajstić information content (AvgIpc) is 2.37. The largest absolute Gasteiger partial charge is 0.333 e. The Labute approximate surface area is 114 Å². The van der Waals surface area contributed by atoms with Crippen LogP contribution in [-0.2, 0) is 9.59 Å². The van der Waals surface area contributed by atoms with Crippen LogP contribution in [0.15, 0.2) is 0 Å². The van der Waals surface area contributed by atoms with E-state index < -0.39 is 6.03 Å². The quantitative estimate of drug-likeness (QED) is 0.502. The lowest BCUT2D eigenvalue weighted by Gasteiger charge is -2.32. The summed E-state index contributed by atoms with van der Waals surface area (Å²) in [6.45, 7) is 5.01. The Bertz CT molecular complexity index is 312. The Morgan fingerprint density at radius 1 is 0.789 bits per heavy atom. The molecule has 0 spiro atoms. The van der Waals surface area contributed by atoms with Crippen molar-refractivity contribution in [3.8, 4) is 0 Å². The molecule has 108 valence electrons. The predicted molar refractivity (Wildman–Crippen MR) is 72.5 cm³/mol. The first-order valence-electron chi connectivity index (χ1n) is 7.26. The number of barbiturate groups is 1. The monoisotopic (exact) mass is 268 g/mol. The van der Waals surface area contributed by atoms with Gasteiger partial charge in [0.25, 0.3) is 0 Å². The lowest BCUT2D eigenvalue weighted by atomic mass is 10.2. The Balaban J connectivity index is 2.59. The minimum atomic E-state index is -0.423. The summed E-state index contributed by atoms with van der Waals surface area (Å²) in [6.07, 6.45) is 5.51. The first-order chi connectivity index (χ1) is 9.11. The summed E-state index contributed by atoms with van der Waals surface area (Å²) in [4.78, 5) is 38.1. The molecule has 1 rings (SSSR count). The van der Waals surface area contributed by atoms with Crippen LogP contribution in [0.4, 0.5) is 4.79 Å². The molecule has 1 aliphatic rings. The van der Waals surface area contributed by atoms with E-state index in [1.165, 1.54) is 9.80 Å². The summed E-state index contributed by atoms with van der Waals surface area (Å²) < 4.78 is 0. The van der Waals surface area contributed by atoms with Crippen LogP contribution in [0, 0.1) is 0 Å². The second-order valence-corrected chi connectivity index (χ2v) is 4.96. The fourth-order valence-corrected chi connectivity index (χ4v) is 2.16. The molecular weight excluding hydrogens is 244 g/mol. The molecule has 4 amide bonds. The van der Waals surface area contributed by atoms with Crippen molar-refractivity contribution in [2.75, 3.05) is 13.1 Å². The molecule has 1 heterocycles. The number of amides is 4. The molecule has 19 heavy (non-hydrogen) atoms. The highest BCUT2D eigenvalue weighted by molar-refractivity contribution is 6.14. The van der Waals surface area contributed by atoms with Gasteiger partial charge in [-0.2, -0.15) is 0 Å². The third kappa shape index (κ3) is 4.33. The van der Waals surface area contributed by atoms with Gasteiger partial charge in [-0.05, 0) is 12.8 Å². The fraction of sp³-hybridized carbons (Fsp3) is 0.786. The minimum absolute atomic E-state index is 0.163.